The van der Waals surface area contributed by atoms with Crippen molar-refractivity contribution in [2.24, 2.45) is 5.92 Å². The van der Waals surface area contributed by atoms with Gasteiger partial charge in [0.25, 0.3) is 0 Å². The Hall–Kier alpha value is -1.30. The number of aliphatic carboxylic acids is 1. The van der Waals surface area contributed by atoms with Crippen LogP contribution < -0.4 is 5.32 Å². The van der Waals surface area contributed by atoms with Gasteiger partial charge in [-0.2, -0.15) is 0 Å². The van der Waals surface area contributed by atoms with Crippen LogP contribution in [-0.2, 0) is 4.79 Å². The van der Waals surface area contributed by atoms with Crippen molar-refractivity contribution in [2.45, 2.75) is 46.1 Å². The predicted molar refractivity (Wildman–Crippen MR) is 82.3 cm³/mol. The molecular formula is C15H29N3O3. The summed E-state index contributed by atoms with van der Waals surface area (Å²) in [5.74, 6) is -0.231. The zero-order valence-electron chi connectivity index (χ0n) is 13.5. The summed E-state index contributed by atoms with van der Waals surface area (Å²) < 4.78 is 0. The summed E-state index contributed by atoms with van der Waals surface area (Å²) in [6, 6.07) is -0.396. The smallest absolute Gasteiger partial charge is 0.317 e. The topological polar surface area (TPSA) is 72.9 Å². The van der Waals surface area contributed by atoms with Gasteiger partial charge < -0.3 is 15.3 Å². The molecule has 1 atom stereocenters. The molecule has 1 unspecified atom stereocenters. The van der Waals surface area contributed by atoms with E-state index in [1.54, 1.807) is 4.90 Å². The summed E-state index contributed by atoms with van der Waals surface area (Å²) in [7, 11) is 0. The van der Waals surface area contributed by atoms with Gasteiger partial charge in [0.15, 0.2) is 0 Å². The molecule has 2 amide bonds. The van der Waals surface area contributed by atoms with Crippen LogP contribution in [0.4, 0.5) is 4.79 Å². The van der Waals surface area contributed by atoms with Crippen molar-refractivity contribution in [2.75, 3.05) is 32.7 Å². The molecular weight excluding hydrogens is 270 g/mol. The summed E-state index contributed by atoms with van der Waals surface area (Å²) in [5.41, 5.74) is 0. The van der Waals surface area contributed by atoms with Crippen molar-refractivity contribution in [3.63, 3.8) is 0 Å². The highest BCUT2D eigenvalue weighted by molar-refractivity contribution is 5.76. The normalized spacial score (nSPS) is 17.8. The van der Waals surface area contributed by atoms with Gasteiger partial charge in [-0.1, -0.05) is 27.2 Å². The molecule has 1 fully saturated rings. The average molecular weight is 299 g/mol. The molecule has 1 aliphatic heterocycles. The van der Waals surface area contributed by atoms with E-state index in [0.29, 0.717) is 25.4 Å². The molecule has 0 aliphatic carbocycles. The fourth-order valence-electron chi connectivity index (χ4n) is 2.70. The maximum absolute atomic E-state index is 12.2. The Morgan fingerprint density at radius 2 is 1.81 bits per heavy atom. The highest BCUT2D eigenvalue weighted by Gasteiger charge is 2.23. The van der Waals surface area contributed by atoms with E-state index in [9.17, 15) is 9.59 Å². The second kappa shape index (κ2) is 8.87. The van der Waals surface area contributed by atoms with E-state index in [1.807, 2.05) is 6.92 Å². The van der Waals surface area contributed by atoms with Crippen molar-refractivity contribution in [3.05, 3.63) is 0 Å². The second-order valence-electron chi connectivity index (χ2n) is 6.21. The number of nitrogens with one attached hydrogen (secondary N) is 1. The fraction of sp³-hybridized carbons (Fsp3) is 0.867. The SMILES string of the molecule is CCCC(CC(=O)O)NC(=O)N1CCN(CC(C)C)CC1. The molecule has 0 aromatic rings. The number of rotatable bonds is 7. The van der Waals surface area contributed by atoms with E-state index in [4.69, 9.17) is 5.11 Å². The first-order valence-electron chi connectivity index (χ1n) is 7.92. The Labute approximate surface area is 127 Å². The molecule has 0 aromatic heterocycles. The lowest BCUT2D eigenvalue weighted by molar-refractivity contribution is -0.137. The summed E-state index contributed by atoms with van der Waals surface area (Å²) in [6.45, 7) is 10.7. The molecule has 0 bridgehead atoms. The fourth-order valence-corrected chi connectivity index (χ4v) is 2.70. The first-order chi connectivity index (χ1) is 9.92. The van der Waals surface area contributed by atoms with Gasteiger partial charge in [-0.25, -0.2) is 4.79 Å². The Bertz CT molecular complexity index is 339. The highest BCUT2D eigenvalue weighted by Crippen LogP contribution is 2.07. The molecule has 1 aliphatic rings. The van der Waals surface area contributed by atoms with Crippen molar-refractivity contribution in [1.29, 1.82) is 0 Å². The van der Waals surface area contributed by atoms with E-state index in [-0.39, 0.29) is 18.5 Å². The van der Waals surface area contributed by atoms with Crippen LogP contribution in [-0.4, -0.2) is 65.7 Å². The minimum Gasteiger partial charge on any atom is -0.481 e. The van der Waals surface area contributed by atoms with E-state index in [0.717, 1.165) is 26.1 Å². The second-order valence-corrected chi connectivity index (χ2v) is 6.21. The third-order valence-electron chi connectivity index (χ3n) is 3.67. The molecule has 6 heteroatoms. The van der Waals surface area contributed by atoms with E-state index >= 15 is 0 Å². The van der Waals surface area contributed by atoms with Gasteiger partial charge in [0.05, 0.1) is 6.42 Å². The Kier molecular flexibility index (Phi) is 7.50. The third-order valence-corrected chi connectivity index (χ3v) is 3.67. The molecule has 0 radical (unpaired) electrons. The molecule has 21 heavy (non-hydrogen) atoms. The van der Waals surface area contributed by atoms with E-state index in [1.165, 1.54) is 0 Å². The first-order valence-corrected chi connectivity index (χ1v) is 7.92. The van der Waals surface area contributed by atoms with Crippen molar-refractivity contribution in [3.8, 4) is 0 Å². The largest absolute Gasteiger partial charge is 0.481 e. The Morgan fingerprint density at radius 1 is 1.19 bits per heavy atom. The number of hydrogen-bond acceptors (Lipinski definition) is 3. The van der Waals surface area contributed by atoms with Crippen molar-refractivity contribution < 1.29 is 14.7 Å². The molecule has 0 spiro atoms. The zero-order valence-corrected chi connectivity index (χ0v) is 13.5. The van der Waals surface area contributed by atoms with Crippen LogP contribution in [0.1, 0.15) is 40.0 Å². The van der Waals surface area contributed by atoms with Gasteiger partial charge in [0.2, 0.25) is 0 Å². The van der Waals surface area contributed by atoms with Gasteiger partial charge >= 0.3 is 12.0 Å². The summed E-state index contributed by atoms with van der Waals surface area (Å²) >= 11 is 0. The van der Waals surface area contributed by atoms with Crippen LogP contribution in [0.15, 0.2) is 0 Å². The average Bonchev–Trinajstić information content (AvgIpc) is 2.38. The number of hydrogen-bond donors (Lipinski definition) is 2. The van der Waals surface area contributed by atoms with Gasteiger partial charge in [-0.15, -0.1) is 0 Å². The van der Waals surface area contributed by atoms with Crippen LogP contribution >= 0.6 is 0 Å². The number of urea groups is 1. The standard InChI is InChI=1S/C15H29N3O3/c1-4-5-13(10-14(19)20)16-15(21)18-8-6-17(7-9-18)11-12(2)3/h12-13H,4-11H2,1-3H3,(H,16,21)(H,19,20). The summed E-state index contributed by atoms with van der Waals surface area (Å²) in [6.07, 6.45) is 1.55. The maximum atomic E-state index is 12.2. The molecule has 122 valence electrons. The summed E-state index contributed by atoms with van der Waals surface area (Å²) in [4.78, 5) is 27.2. The number of nitrogens with zero attached hydrogens (tertiary/aromatic N) is 2. The molecule has 1 saturated heterocycles. The summed E-state index contributed by atoms with van der Waals surface area (Å²) in [5, 5.41) is 11.7. The van der Waals surface area contributed by atoms with Crippen LogP contribution in [0.25, 0.3) is 0 Å². The molecule has 1 heterocycles. The van der Waals surface area contributed by atoms with Crippen molar-refractivity contribution in [1.82, 2.24) is 15.1 Å². The number of piperazine rings is 1. The van der Waals surface area contributed by atoms with Gasteiger partial charge in [0.1, 0.15) is 0 Å². The van der Waals surface area contributed by atoms with Gasteiger partial charge in [0, 0.05) is 38.8 Å². The lowest BCUT2D eigenvalue weighted by atomic mass is 10.1. The van der Waals surface area contributed by atoms with Crippen LogP contribution in [0.2, 0.25) is 0 Å². The predicted octanol–water partition coefficient (Wildman–Crippen LogP) is 1.61. The van der Waals surface area contributed by atoms with Crippen LogP contribution in [0.3, 0.4) is 0 Å². The number of carboxylic acid groups (broad SMARTS) is 1. The molecule has 0 aromatic carbocycles. The zero-order chi connectivity index (χ0) is 15.8. The first kappa shape index (κ1) is 17.8. The van der Waals surface area contributed by atoms with Crippen molar-refractivity contribution >= 4 is 12.0 Å². The van der Waals surface area contributed by atoms with E-state index in [2.05, 4.69) is 24.1 Å². The highest BCUT2D eigenvalue weighted by atomic mass is 16.4. The van der Waals surface area contributed by atoms with Crippen LogP contribution in [0.5, 0.6) is 0 Å². The van der Waals surface area contributed by atoms with Gasteiger partial charge in [-0.3, -0.25) is 9.69 Å². The lowest BCUT2D eigenvalue weighted by Crippen LogP contribution is -2.54. The van der Waals surface area contributed by atoms with E-state index < -0.39 is 5.97 Å². The molecule has 0 saturated carbocycles. The minimum atomic E-state index is -0.865. The Morgan fingerprint density at radius 3 is 2.29 bits per heavy atom. The molecule has 2 N–H and O–H groups in total. The minimum absolute atomic E-state index is 0.00705. The third kappa shape index (κ3) is 6.80. The monoisotopic (exact) mass is 299 g/mol. The number of amides is 2. The number of carbonyl (C=O) groups is 2. The number of carbonyl (C=O) groups excluding carboxylic acids is 1. The van der Waals surface area contributed by atoms with Gasteiger partial charge in [-0.05, 0) is 12.3 Å². The van der Waals surface area contributed by atoms with Crippen LogP contribution in [0, 0.1) is 5.92 Å². The molecule has 1 rings (SSSR count). The lowest BCUT2D eigenvalue weighted by Gasteiger charge is -2.36. The Balaban J connectivity index is 2.39. The number of carboxylic acids is 1. The molecule has 6 nitrogen and oxygen atoms in total. The quantitative estimate of drug-likeness (QED) is 0.749. The maximum Gasteiger partial charge on any atom is 0.317 e.